The molecule has 1 saturated heterocycles. The summed E-state index contributed by atoms with van der Waals surface area (Å²) in [5.74, 6) is 1.83. The average molecular weight is 547 g/mol. The van der Waals surface area contributed by atoms with Crippen molar-refractivity contribution >= 4 is 35.8 Å². The van der Waals surface area contributed by atoms with E-state index in [0.29, 0.717) is 17.6 Å². The highest BCUT2D eigenvalue weighted by Crippen LogP contribution is 2.27. The summed E-state index contributed by atoms with van der Waals surface area (Å²) in [7, 11) is 0. The van der Waals surface area contributed by atoms with Crippen molar-refractivity contribution in [2.45, 2.75) is 45.1 Å². The van der Waals surface area contributed by atoms with Gasteiger partial charge in [0, 0.05) is 51.7 Å². The largest absolute Gasteiger partial charge is 0.466 e. The topological polar surface area (TPSA) is 93.3 Å². The highest BCUT2D eigenvalue weighted by molar-refractivity contribution is 14.0. The summed E-state index contributed by atoms with van der Waals surface area (Å²) in [5.41, 5.74) is -1.14. The molecule has 1 saturated carbocycles. The lowest BCUT2D eigenvalue weighted by Crippen LogP contribution is -2.52. The number of piperazine rings is 1. The highest BCUT2D eigenvalue weighted by Gasteiger charge is 2.29. The number of rotatable bonds is 8. The first-order valence-corrected chi connectivity index (χ1v) is 11.3. The molecule has 9 heteroatoms. The van der Waals surface area contributed by atoms with Gasteiger partial charge in [-0.05, 0) is 38.8 Å². The molecule has 176 valence electrons. The summed E-state index contributed by atoms with van der Waals surface area (Å²) < 4.78 is 5.31. The number of nitrogens with one attached hydrogen (secondary N) is 2. The maximum Gasteiger partial charge on any atom is 0.225 e. The fourth-order valence-corrected chi connectivity index (χ4v) is 4.19. The van der Waals surface area contributed by atoms with Gasteiger partial charge in [-0.1, -0.05) is 12.8 Å². The molecule has 0 spiro atoms. The first kappa shape index (κ1) is 25.9. The molecule has 1 aromatic heterocycles. The number of aliphatic imine (C=N–C) groups is 1. The molecular formula is C22H38IN5O3. The third-order valence-corrected chi connectivity index (χ3v) is 6.05. The third kappa shape index (κ3) is 7.64. The van der Waals surface area contributed by atoms with Gasteiger partial charge < -0.3 is 25.1 Å². The predicted molar refractivity (Wildman–Crippen MR) is 133 cm³/mol. The number of nitrogens with zero attached hydrogens (tertiary/aromatic N) is 3. The Morgan fingerprint density at radius 3 is 2.58 bits per heavy atom. The van der Waals surface area contributed by atoms with Crippen LogP contribution in [0.4, 0.5) is 0 Å². The SMILES string of the molecule is CCNC(=NCC(C)(O)c1ccco1)NCCN1CCN(C(=O)C2CCCC2)CC1.I. The van der Waals surface area contributed by atoms with Crippen molar-refractivity contribution < 1.29 is 14.3 Å². The Morgan fingerprint density at radius 2 is 1.97 bits per heavy atom. The van der Waals surface area contributed by atoms with Crippen LogP contribution in [0.5, 0.6) is 0 Å². The summed E-state index contributed by atoms with van der Waals surface area (Å²) in [6.07, 6.45) is 6.10. The molecule has 2 aliphatic rings. The van der Waals surface area contributed by atoms with Crippen molar-refractivity contribution in [3.8, 4) is 0 Å². The summed E-state index contributed by atoms with van der Waals surface area (Å²) in [6.45, 7) is 9.81. The lowest BCUT2D eigenvalue weighted by Gasteiger charge is -2.36. The van der Waals surface area contributed by atoms with E-state index < -0.39 is 5.60 Å². The zero-order valence-corrected chi connectivity index (χ0v) is 21.1. The van der Waals surface area contributed by atoms with E-state index in [9.17, 15) is 9.90 Å². The summed E-state index contributed by atoms with van der Waals surface area (Å²) in [4.78, 5) is 21.5. The quantitative estimate of drug-likeness (QED) is 0.262. The fraction of sp³-hybridized carbons (Fsp3) is 0.727. The minimum absolute atomic E-state index is 0. The van der Waals surface area contributed by atoms with Gasteiger partial charge in [0.2, 0.25) is 5.91 Å². The highest BCUT2D eigenvalue weighted by atomic mass is 127. The molecule has 2 heterocycles. The maximum absolute atomic E-state index is 12.6. The predicted octanol–water partition coefficient (Wildman–Crippen LogP) is 1.99. The molecule has 3 rings (SSSR count). The van der Waals surface area contributed by atoms with Gasteiger partial charge in [0.1, 0.15) is 11.4 Å². The molecule has 31 heavy (non-hydrogen) atoms. The Kier molecular flexibility index (Phi) is 10.6. The Balaban J connectivity index is 0.00000341. The molecule has 2 fully saturated rings. The number of halogens is 1. The summed E-state index contributed by atoms with van der Waals surface area (Å²) in [5, 5.41) is 17.1. The first-order chi connectivity index (χ1) is 14.5. The number of amides is 1. The zero-order chi connectivity index (χ0) is 21.4. The van der Waals surface area contributed by atoms with E-state index in [1.54, 1.807) is 25.3 Å². The number of hydrogen-bond donors (Lipinski definition) is 3. The second kappa shape index (κ2) is 12.6. The van der Waals surface area contributed by atoms with Crippen LogP contribution >= 0.6 is 24.0 Å². The van der Waals surface area contributed by atoms with Gasteiger partial charge in [-0.25, -0.2) is 4.99 Å². The van der Waals surface area contributed by atoms with E-state index in [4.69, 9.17) is 4.42 Å². The molecule has 1 aromatic rings. The molecule has 0 aromatic carbocycles. The van der Waals surface area contributed by atoms with Gasteiger partial charge in [0.25, 0.3) is 0 Å². The van der Waals surface area contributed by atoms with Gasteiger partial charge in [-0.15, -0.1) is 24.0 Å². The van der Waals surface area contributed by atoms with Gasteiger partial charge >= 0.3 is 0 Å². The second-order valence-corrected chi connectivity index (χ2v) is 8.52. The van der Waals surface area contributed by atoms with Crippen LogP contribution in [0.1, 0.15) is 45.3 Å². The van der Waals surface area contributed by atoms with Crippen molar-refractivity contribution in [2.24, 2.45) is 10.9 Å². The fourth-order valence-electron chi connectivity index (χ4n) is 4.19. The van der Waals surface area contributed by atoms with Crippen molar-refractivity contribution in [3.63, 3.8) is 0 Å². The molecule has 1 amide bonds. The number of guanidine groups is 1. The normalized spacial score (nSPS) is 20.2. The zero-order valence-electron chi connectivity index (χ0n) is 18.8. The van der Waals surface area contributed by atoms with Crippen LogP contribution < -0.4 is 10.6 Å². The lowest BCUT2D eigenvalue weighted by molar-refractivity contribution is -0.137. The Labute approximate surface area is 202 Å². The Bertz CT molecular complexity index is 681. The van der Waals surface area contributed by atoms with Crippen molar-refractivity contribution in [2.75, 3.05) is 52.4 Å². The van der Waals surface area contributed by atoms with Crippen LogP contribution in [0.2, 0.25) is 0 Å². The number of aliphatic hydroxyl groups is 1. The first-order valence-electron chi connectivity index (χ1n) is 11.3. The van der Waals surface area contributed by atoms with E-state index in [1.165, 1.54) is 12.8 Å². The maximum atomic E-state index is 12.6. The van der Waals surface area contributed by atoms with Gasteiger partial charge in [0.05, 0.1) is 12.8 Å². The minimum atomic E-state index is -1.14. The standard InChI is InChI=1S/C22H37N5O3.HI/c1-3-23-21(25-17-22(2,29)19-9-6-16-30-19)24-10-11-26-12-14-27(15-13-26)20(28)18-7-4-5-8-18;/h6,9,16,18,29H,3-5,7-8,10-15,17H2,1-2H3,(H2,23,24,25);1H. The smallest absolute Gasteiger partial charge is 0.225 e. The second-order valence-electron chi connectivity index (χ2n) is 8.52. The van der Waals surface area contributed by atoms with Crippen LogP contribution in [-0.4, -0.2) is 79.1 Å². The molecule has 3 N–H and O–H groups in total. The van der Waals surface area contributed by atoms with Crippen LogP contribution in [0.25, 0.3) is 0 Å². The van der Waals surface area contributed by atoms with Crippen LogP contribution in [0, 0.1) is 5.92 Å². The average Bonchev–Trinajstić information content (AvgIpc) is 3.46. The number of carbonyl (C=O) groups is 1. The van der Waals surface area contributed by atoms with Crippen LogP contribution in [0.15, 0.2) is 27.8 Å². The molecule has 1 aliphatic heterocycles. The molecular weight excluding hydrogens is 509 g/mol. The van der Waals surface area contributed by atoms with Gasteiger partial charge in [0.15, 0.2) is 5.96 Å². The van der Waals surface area contributed by atoms with Crippen LogP contribution in [-0.2, 0) is 10.4 Å². The Hall–Kier alpha value is -1.33. The lowest BCUT2D eigenvalue weighted by atomic mass is 10.0. The monoisotopic (exact) mass is 547 g/mol. The molecule has 0 bridgehead atoms. The molecule has 0 radical (unpaired) electrons. The number of hydrogen-bond acceptors (Lipinski definition) is 5. The number of furan rings is 1. The van der Waals surface area contributed by atoms with E-state index in [0.717, 1.165) is 58.7 Å². The Morgan fingerprint density at radius 1 is 1.26 bits per heavy atom. The van der Waals surface area contributed by atoms with E-state index in [-0.39, 0.29) is 36.4 Å². The number of carbonyl (C=O) groups excluding carboxylic acids is 1. The van der Waals surface area contributed by atoms with Crippen LogP contribution in [0.3, 0.4) is 0 Å². The van der Waals surface area contributed by atoms with Crippen molar-refractivity contribution in [3.05, 3.63) is 24.2 Å². The van der Waals surface area contributed by atoms with E-state index >= 15 is 0 Å². The van der Waals surface area contributed by atoms with E-state index in [1.807, 2.05) is 6.92 Å². The summed E-state index contributed by atoms with van der Waals surface area (Å²) in [6, 6.07) is 3.52. The third-order valence-electron chi connectivity index (χ3n) is 6.05. The van der Waals surface area contributed by atoms with Crippen molar-refractivity contribution in [1.29, 1.82) is 0 Å². The molecule has 1 aliphatic carbocycles. The van der Waals surface area contributed by atoms with E-state index in [2.05, 4.69) is 25.4 Å². The molecule has 1 unspecified atom stereocenters. The van der Waals surface area contributed by atoms with Gasteiger partial charge in [-0.3, -0.25) is 9.69 Å². The van der Waals surface area contributed by atoms with Crippen molar-refractivity contribution in [1.82, 2.24) is 20.4 Å². The summed E-state index contributed by atoms with van der Waals surface area (Å²) >= 11 is 0. The minimum Gasteiger partial charge on any atom is -0.466 e. The molecule has 1 atom stereocenters. The van der Waals surface area contributed by atoms with Gasteiger partial charge in [-0.2, -0.15) is 0 Å². The molecule has 8 nitrogen and oxygen atoms in total.